The predicted octanol–water partition coefficient (Wildman–Crippen LogP) is 2.59. The zero-order valence-corrected chi connectivity index (χ0v) is 7.39. The van der Waals surface area contributed by atoms with Crippen LogP contribution in [0.25, 0.3) is 0 Å². The number of Topliss-reactive ketones (excluding diaryl/α,β-unsaturated/α-hetero) is 1. The summed E-state index contributed by atoms with van der Waals surface area (Å²) in [7, 11) is 0. The lowest BCUT2D eigenvalue weighted by Gasteiger charge is -2.13. The van der Waals surface area contributed by atoms with Gasteiger partial charge in [-0.25, -0.2) is 0 Å². The van der Waals surface area contributed by atoms with E-state index < -0.39 is 17.6 Å². The summed E-state index contributed by atoms with van der Waals surface area (Å²) < 4.78 is 26.2. The second-order valence-electron chi connectivity index (χ2n) is 2.50. The molecule has 0 aromatic heterocycles. The van der Waals surface area contributed by atoms with Gasteiger partial charge in [0.2, 0.25) is 5.78 Å². The third-order valence-corrected chi connectivity index (χ3v) is 1.85. The van der Waals surface area contributed by atoms with Crippen molar-refractivity contribution in [3.63, 3.8) is 0 Å². The van der Waals surface area contributed by atoms with Crippen LogP contribution >= 0.6 is 11.6 Å². The Labute approximate surface area is 79.3 Å². The topological polar surface area (TPSA) is 17.1 Å². The smallest absolute Gasteiger partial charge is 0.291 e. The lowest BCUT2D eigenvalue weighted by molar-refractivity contribution is -0.141. The molecule has 0 atom stereocenters. The van der Waals surface area contributed by atoms with Gasteiger partial charge in [0.15, 0.2) is 0 Å². The minimum Gasteiger partial charge on any atom is -0.291 e. The summed E-state index contributed by atoms with van der Waals surface area (Å²) in [5.41, 5.74) is -0.319. The van der Waals surface area contributed by atoms with Crippen molar-refractivity contribution in [1.29, 1.82) is 0 Å². The molecular formula is C9H7ClF2O. The average Bonchev–Trinajstić information content (AvgIpc) is 2.18. The van der Waals surface area contributed by atoms with Crippen LogP contribution in [0, 0.1) is 0 Å². The quantitative estimate of drug-likeness (QED) is 0.692. The molecule has 0 fully saturated rings. The fourth-order valence-electron chi connectivity index (χ4n) is 0.892. The highest BCUT2D eigenvalue weighted by molar-refractivity contribution is 6.28. The molecule has 0 radical (unpaired) electrons. The molecule has 1 aromatic rings. The SMILES string of the molecule is O=C(CCl)C(F)(F)c1ccccc1. The summed E-state index contributed by atoms with van der Waals surface area (Å²) in [6, 6.07) is 6.90. The van der Waals surface area contributed by atoms with Crippen LogP contribution in [-0.4, -0.2) is 11.7 Å². The Morgan fingerprint density at radius 3 is 2.31 bits per heavy atom. The molecule has 1 nitrogen and oxygen atoms in total. The zero-order valence-electron chi connectivity index (χ0n) is 6.64. The molecule has 0 bridgehead atoms. The van der Waals surface area contributed by atoms with Crippen LogP contribution in [0.1, 0.15) is 5.56 Å². The molecule has 0 spiro atoms. The molecule has 1 rings (SSSR count). The van der Waals surface area contributed by atoms with Crippen molar-refractivity contribution >= 4 is 17.4 Å². The van der Waals surface area contributed by atoms with Gasteiger partial charge < -0.3 is 0 Å². The van der Waals surface area contributed by atoms with E-state index in [9.17, 15) is 13.6 Å². The summed E-state index contributed by atoms with van der Waals surface area (Å²) in [6.45, 7) is 0. The molecular weight excluding hydrogens is 198 g/mol. The molecule has 0 aliphatic carbocycles. The molecule has 0 aliphatic rings. The highest BCUT2D eigenvalue weighted by atomic mass is 35.5. The van der Waals surface area contributed by atoms with Gasteiger partial charge in [-0.05, 0) is 0 Å². The van der Waals surface area contributed by atoms with E-state index in [0.717, 1.165) is 0 Å². The Balaban J connectivity index is 3.00. The van der Waals surface area contributed by atoms with Gasteiger partial charge in [-0.3, -0.25) is 4.79 Å². The monoisotopic (exact) mass is 204 g/mol. The number of ketones is 1. The molecule has 70 valence electrons. The third-order valence-electron chi connectivity index (χ3n) is 1.61. The Bertz CT molecular complexity index is 298. The molecule has 1 aromatic carbocycles. The first-order chi connectivity index (χ1) is 6.09. The molecule has 4 heteroatoms. The maximum absolute atomic E-state index is 13.1. The number of carbonyl (C=O) groups excluding carboxylic acids is 1. The number of halogens is 3. The van der Waals surface area contributed by atoms with Gasteiger partial charge in [-0.2, -0.15) is 8.78 Å². The summed E-state index contributed by atoms with van der Waals surface area (Å²) in [4.78, 5) is 10.8. The maximum atomic E-state index is 13.1. The molecule has 0 saturated heterocycles. The fourth-order valence-corrected chi connectivity index (χ4v) is 1.06. The van der Waals surface area contributed by atoms with Crippen LogP contribution in [0.3, 0.4) is 0 Å². The van der Waals surface area contributed by atoms with Crippen molar-refractivity contribution in [2.45, 2.75) is 5.92 Å². The summed E-state index contributed by atoms with van der Waals surface area (Å²) in [5, 5.41) is 0. The molecule has 0 heterocycles. The molecule has 0 N–H and O–H groups in total. The highest BCUT2D eigenvalue weighted by Gasteiger charge is 2.39. The first-order valence-corrected chi connectivity index (χ1v) is 4.15. The average molecular weight is 205 g/mol. The second-order valence-corrected chi connectivity index (χ2v) is 2.76. The first kappa shape index (κ1) is 10.1. The lowest BCUT2D eigenvalue weighted by atomic mass is 10.1. The normalized spacial score (nSPS) is 11.3. The van der Waals surface area contributed by atoms with E-state index in [4.69, 9.17) is 11.6 Å². The van der Waals surface area contributed by atoms with Crippen molar-refractivity contribution in [1.82, 2.24) is 0 Å². The molecule has 13 heavy (non-hydrogen) atoms. The predicted molar refractivity (Wildman–Crippen MR) is 46.1 cm³/mol. The number of hydrogen-bond acceptors (Lipinski definition) is 1. The first-order valence-electron chi connectivity index (χ1n) is 3.61. The molecule has 0 unspecified atom stereocenters. The number of alkyl halides is 3. The summed E-state index contributed by atoms with van der Waals surface area (Å²) in [6.07, 6.45) is 0. The molecule has 0 saturated carbocycles. The van der Waals surface area contributed by atoms with Crippen LogP contribution in [0.5, 0.6) is 0 Å². The largest absolute Gasteiger partial charge is 0.331 e. The maximum Gasteiger partial charge on any atom is 0.331 e. The number of rotatable bonds is 3. The Hall–Kier alpha value is -0.960. The minimum absolute atomic E-state index is 0.319. The second kappa shape index (κ2) is 3.83. The van der Waals surface area contributed by atoms with Crippen LogP contribution in [-0.2, 0) is 10.7 Å². The van der Waals surface area contributed by atoms with E-state index in [1.165, 1.54) is 24.3 Å². The Morgan fingerprint density at radius 2 is 1.85 bits per heavy atom. The summed E-state index contributed by atoms with van der Waals surface area (Å²) >= 11 is 5.06. The van der Waals surface area contributed by atoms with Gasteiger partial charge in [0.25, 0.3) is 0 Å². The Kier molecular flexibility index (Phi) is 2.98. The van der Waals surface area contributed by atoms with E-state index in [-0.39, 0.29) is 5.56 Å². The van der Waals surface area contributed by atoms with Gasteiger partial charge in [0.05, 0.1) is 5.88 Å². The van der Waals surface area contributed by atoms with Gasteiger partial charge in [-0.15, -0.1) is 11.6 Å². The fraction of sp³-hybridized carbons (Fsp3) is 0.222. The van der Waals surface area contributed by atoms with Crippen LogP contribution in [0.15, 0.2) is 30.3 Å². The van der Waals surface area contributed by atoms with Crippen LogP contribution < -0.4 is 0 Å². The van der Waals surface area contributed by atoms with Crippen molar-refractivity contribution in [2.24, 2.45) is 0 Å². The van der Waals surface area contributed by atoms with E-state index in [1.54, 1.807) is 6.07 Å². The van der Waals surface area contributed by atoms with Crippen LogP contribution in [0.2, 0.25) is 0 Å². The minimum atomic E-state index is -3.47. The van der Waals surface area contributed by atoms with Crippen molar-refractivity contribution in [2.75, 3.05) is 5.88 Å². The van der Waals surface area contributed by atoms with E-state index >= 15 is 0 Å². The zero-order chi connectivity index (χ0) is 9.90. The van der Waals surface area contributed by atoms with Crippen molar-refractivity contribution in [3.8, 4) is 0 Å². The molecule has 0 aliphatic heterocycles. The lowest BCUT2D eigenvalue weighted by Crippen LogP contribution is -2.26. The van der Waals surface area contributed by atoms with Gasteiger partial charge in [0, 0.05) is 5.56 Å². The van der Waals surface area contributed by atoms with E-state index in [1.807, 2.05) is 0 Å². The number of hydrogen-bond donors (Lipinski definition) is 0. The van der Waals surface area contributed by atoms with Crippen molar-refractivity contribution in [3.05, 3.63) is 35.9 Å². The van der Waals surface area contributed by atoms with Gasteiger partial charge >= 0.3 is 5.92 Å². The van der Waals surface area contributed by atoms with Gasteiger partial charge in [0.1, 0.15) is 0 Å². The van der Waals surface area contributed by atoms with E-state index in [2.05, 4.69) is 0 Å². The van der Waals surface area contributed by atoms with Gasteiger partial charge in [-0.1, -0.05) is 30.3 Å². The van der Waals surface area contributed by atoms with E-state index in [0.29, 0.717) is 0 Å². The molecule has 0 amide bonds. The number of benzene rings is 1. The highest BCUT2D eigenvalue weighted by Crippen LogP contribution is 2.28. The summed E-state index contributed by atoms with van der Waals surface area (Å²) in [5.74, 6) is -5.43. The van der Waals surface area contributed by atoms with Crippen LogP contribution in [0.4, 0.5) is 8.78 Å². The third kappa shape index (κ3) is 2.04. The van der Waals surface area contributed by atoms with Crippen molar-refractivity contribution < 1.29 is 13.6 Å². The Morgan fingerprint density at radius 1 is 1.31 bits per heavy atom. The standard InChI is InChI=1S/C9H7ClF2O/c10-6-8(13)9(11,12)7-4-2-1-3-5-7/h1-5H,6H2. The number of carbonyl (C=O) groups is 1.